The van der Waals surface area contributed by atoms with Crippen LogP contribution in [0, 0.1) is 10.1 Å². The van der Waals surface area contributed by atoms with E-state index in [1.165, 1.54) is 18.2 Å². The molecule has 1 aromatic rings. The Morgan fingerprint density at radius 3 is 2.29 bits per heavy atom. The minimum Gasteiger partial charge on any atom is -0.437 e. The Labute approximate surface area is 160 Å². The minimum atomic E-state index is -0.982. The van der Waals surface area contributed by atoms with E-state index < -0.39 is 23.2 Å². The summed E-state index contributed by atoms with van der Waals surface area (Å²) in [5.74, 6) is -0.711. The van der Waals surface area contributed by atoms with Gasteiger partial charge in [0.1, 0.15) is 17.4 Å². The average Bonchev–Trinajstić information content (AvgIpc) is 2.69. The van der Waals surface area contributed by atoms with Gasteiger partial charge in [-0.1, -0.05) is 19.1 Å². The first-order valence-electron chi connectivity index (χ1n) is 8.29. The van der Waals surface area contributed by atoms with Crippen molar-refractivity contribution in [2.75, 3.05) is 14.2 Å². The SMILES string of the molecule is CCC1=C(OC(=O)OC)C(c2cccc([N+](=O)[O-])c2)C(OC(=O)OC)=C(C)N1. The molecule has 1 heterocycles. The van der Waals surface area contributed by atoms with Crippen LogP contribution < -0.4 is 5.32 Å². The van der Waals surface area contributed by atoms with Crippen molar-refractivity contribution >= 4 is 18.0 Å². The quantitative estimate of drug-likeness (QED) is 0.453. The number of non-ortho nitro benzene ring substituents is 1. The first-order valence-corrected chi connectivity index (χ1v) is 8.29. The van der Waals surface area contributed by atoms with Crippen LogP contribution in [0.25, 0.3) is 0 Å². The van der Waals surface area contributed by atoms with Gasteiger partial charge in [0.25, 0.3) is 5.69 Å². The van der Waals surface area contributed by atoms with E-state index in [0.29, 0.717) is 23.4 Å². The smallest absolute Gasteiger partial charge is 0.437 e. The third kappa shape index (κ3) is 4.40. The maximum absolute atomic E-state index is 11.8. The summed E-state index contributed by atoms with van der Waals surface area (Å²) in [5, 5.41) is 14.2. The number of hydrogen-bond donors (Lipinski definition) is 1. The Morgan fingerprint density at radius 2 is 1.75 bits per heavy atom. The van der Waals surface area contributed by atoms with Crippen LogP contribution in [-0.4, -0.2) is 31.5 Å². The number of rotatable bonds is 5. The second-order valence-corrected chi connectivity index (χ2v) is 5.71. The molecule has 1 aromatic carbocycles. The molecule has 2 rings (SSSR count). The molecule has 0 fully saturated rings. The van der Waals surface area contributed by atoms with Crippen LogP contribution in [0.1, 0.15) is 31.7 Å². The summed E-state index contributed by atoms with van der Waals surface area (Å²) in [6.45, 7) is 3.49. The molecule has 150 valence electrons. The second-order valence-electron chi connectivity index (χ2n) is 5.71. The summed E-state index contributed by atoms with van der Waals surface area (Å²) in [4.78, 5) is 34.2. The molecule has 0 saturated carbocycles. The van der Waals surface area contributed by atoms with Crippen molar-refractivity contribution in [3.8, 4) is 0 Å². The van der Waals surface area contributed by atoms with Crippen LogP contribution in [0.2, 0.25) is 0 Å². The molecule has 1 N–H and O–H groups in total. The van der Waals surface area contributed by atoms with Crippen molar-refractivity contribution in [3.63, 3.8) is 0 Å². The lowest BCUT2D eigenvalue weighted by molar-refractivity contribution is -0.384. The van der Waals surface area contributed by atoms with Crippen molar-refractivity contribution in [2.45, 2.75) is 26.2 Å². The van der Waals surface area contributed by atoms with E-state index in [1.54, 1.807) is 13.0 Å². The number of dihydropyridines is 1. The number of benzene rings is 1. The van der Waals surface area contributed by atoms with E-state index in [9.17, 15) is 19.7 Å². The van der Waals surface area contributed by atoms with Crippen LogP contribution in [0.5, 0.6) is 0 Å². The maximum Gasteiger partial charge on any atom is 0.513 e. The maximum atomic E-state index is 11.8. The molecule has 1 aliphatic rings. The molecule has 10 heteroatoms. The lowest BCUT2D eigenvalue weighted by Crippen LogP contribution is -2.29. The van der Waals surface area contributed by atoms with E-state index in [-0.39, 0.29) is 17.2 Å². The lowest BCUT2D eigenvalue weighted by Gasteiger charge is -2.30. The number of methoxy groups -OCH3 is 2. The number of nitro groups is 1. The minimum absolute atomic E-state index is 0.0865. The summed E-state index contributed by atoms with van der Waals surface area (Å²) in [6.07, 6.45) is -1.51. The molecule has 0 amide bonds. The van der Waals surface area contributed by atoms with Gasteiger partial charge in [-0.3, -0.25) is 10.1 Å². The van der Waals surface area contributed by atoms with Gasteiger partial charge in [0, 0.05) is 12.1 Å². The zero-order valence-electron chi connectivity index (χ0n) is 15.8. The largest absolute Gasteiger partial charge is 0.513 e. The van der Waals surface area contributed by atoms with E-state index in [0.717, 1.165) is 14.2 Å². The zero-order chi connectivity index (χ0) is 20.8. The van der Waals surface area contributed by atoms with Crippen molar-refractivity contribution in [1.82, 2.24) is 5.32 Å². The van der Waals surface area contributed by atoms with Gasteiger partial charge < -0.3 is 24.3 Å². The van der Waals surface area contributed by atoms with Gasteiger partial charge in [0.05, 0.1) is 30.5 Å². The monoisotopic (exact) mass is 392 g/mol. The normalized spacial score (nSPS) is 16.2. The first-order chi connectivity index (χ1) is 13.3. The van der Waals surface area contributed by atoms with E-state index in [4.69, 9.17) is 9.47 Å². The van der Waals surface area contributed by atoms with Crippen LogP contribution in [0.15, 0.2) is 47.2 Å². The molecular weight excluding hydrogens is 372 g/mol. The topological polar surface area (TPSA) is 126 Å². The summed E-state index contributed by atoms with van der Waals surface area (Å²) in [6, 6.07) is 5.73. The zero-order valence-corrected chi connectivity index (χ0v) is 15.8. The number of nitrogens with zero attached hydrogens (tertiary/aromatic N) is 1. The van der Waals surface area contributed by atoms with Crippen LogP contribution in [0.4, 0.5) is 15.3 Å². The molecule has 0 aromatic heterocycles. The number of ether oxygens (including phenoxy) is 4. The first kappa shape index (κ1) is 20.7. The number of carbonyl (C=O) groups excluding carboxylic acids is 2. The summed E-state index contributed by atoms with van der Waals surface area (Å²) in [7, 11) is 2.30. The van der Waals surface area contributed by atoms with Gasteiger partial charge in [-0.2, -0.15) is 0 Å². The average molecular weight is 392 g/mol. The highest BCUT2D eigenvalue weighted by Gasteiger charge is 2.36. The van der Waals surface area contributed by atoms with Crippen molar-refractivity contribution < 1.29 is 33.5 Å². The third-order valence-corrected chi connectivity index (χ3v) is 4.02. The summed E-state index contributed by atoms with van der Waals surface area (Å²) >= 11 is 0. The fraction of sp³-hybridized carbons (Fsp3) is 0.333. The second kappa shape index (κ2) is 8.89. The number of allylic oxidation sites excluding steroid dienone is 2. The Bertz CT molecular complexity index is 859. The molecule has 0 spiro atoms. The van der Waals surface area contributed by atoms with E-state index in [2.05, 4.69) is 14.8 Å². The molecule has 28 heavy (non-hydrogen) atoms. The molecule has 1 aliphatic heterocycles. The van der Waals surface area contributed by atoms with Gasteiger partial charge >= 0.3 is 12.3 Å². The molecule has 0 saturated heterocycles. The van der Waals surface area contributed by atoms with Crippen LogP contribution >= 0.6 is 0 Å². The van der Waals surface area contributed by atoms with Crippen LogP contribution in [-0.2, 0) is 18.9 Å². The van der Waals surface area contributed by atoms with Gasteiger partial charge in [0.15, 0.2) is 0 Å². The summed E-state index contributed by atoms with van der Waals surface area (Å²) in [5.41, 5.74) is 1.23. The van der Waals surface area contributed by atoms with Gasteiger partial charge in [-0.05, 0) is 18.9 Å². The molecular formula is C18H20N2O8. The van der Waals surface area contributed by atoms with Crippen molar-refractivity contribution in [2.24, 2.45) is 0 Å². The molecule has 1 atom stereocenters. The molecule has 0 radical (unpaired) electrons. The predicted octanol–water partition coefficient (Wildman–Crippen LogP) is 3.70. The molecule has 1 unspecified atom stereocenters. The van der Waals surface area contributed by atoms with Gasteiger partial charge in [-0.15, -0.1) is 0 Å². The van der Waals surface area contributed by atoms with E-state index >= 15 is 0 Å². The fourth-order valence-corrected chi connectivity index (χ4v) is 2.76. The number of carbonyl (C=O) groups is 2. The third-order valence-electron chi connectivity index (χ3n) is 4.02. The molecule has 10 nitrogen and oxygen atoms in total. The fourth-order valence-electron chi connectivity index (χ4n) is 2.76. The Balaban J connectivity index is 2.65. The predicted molar refractivity (Wildman–Crippen MR) is 96.0 cm³/mol. The Morgan fingerprint density at radius 1 is 1.14 bits per heavy atom. The summed E-state index contributed by atoms with van der Waals surface area (Å²) < 4.78 is 19.7. The highest BCUT2D eigenvalue weighted by atomic mass is 16.7. The lowest BCUT2D eigenvalue weighted by atomic mass is 9.89. The van der Waals surface area contributed by atoms with Crippen molar-refractivity contribution in [3.05, 3.63) is 62.9 Å². The Hall–Kier alpha value is -3.56. The molecule has 0 bridgehead atoms. The number of nitrogens with one attached hydrogen (secondary N) is 1. The van der Waals surface area contributed by atoms with Crippen LogP contribution in [0.3, 0.4) is 0 Å². The highest BCUT2D eigenvalue weighted by molar-refractivity contribution is 5.65. The highest BCUT2D eigenvalue weighted by Crippen LogP contribution is 2.41. The van der Waals surface area contributed by atoms with E-state index in [1.807, 2.05) is 6.92 Å². The van der Waals surface area contributed by atoms with Gasteiger partial charge in [-0.25, -0.2) is 9.59 Å². The number of nitro benzene ring substituents is 1. The van der Waals surface area contributed by atoms with Crippen molar-refractivity contribution in [1.29, 1.82) is 0 Å². The molecule has 0 aliphatic carbocycles. The number of hydrogen-bond acceptors (Lipinski definition) is 9. The Kier molecular flexibility index (Phi) is 6.59. The van der Waals surface area contributed by atoms with Gasteiger partial charge in [0.2, 0.25) is 0 Å². The standard InChI is InChI=1S/C18H20N2O8/c1-5-13-16(28-18(22)26-4)14(11-7-6-8-12(9-11)20(23)24)15(10(2)19-13)27-17(21)25-3/h6-9,14,19H,5H2,1-4H3.